The van der Waals surface area contributed by atoms with E-state index in [0.29, 0.717) is 12.1 Å². The van der Waals surface area contributed by atoms with Gasteiger partial charge in [0.25, 0.3) is 0 Å². The number of fused-ring (bicyclic) bond motifs is 2. The molecule has 3 heterocycles. The summed E-state index contributed by atoms with van der Waals surface area (Å²) in [6.45, 7) is 4.74. The maximum Gasteiger partial charge on any atom is 0.224 e. The maximum absolute atomic E-state index is 12.2. The molecule has 1 amide bonds. The van der Waals surface area contributed by atoms with Gasteiger partial charge in [0, 0.05) is 31.8 Å². The Morgan fingerprint density at radius 2 is 2.17 bits per heavy atom. The predicted molar refractivity (Wildman–Crippen MR) is 69.2 cm³/mol. The van der Waals surface area contributed by atoms with Gasteiger partial charge in [-0.3, -0.25) is 4.79 Å². The first-order chi connectivity index (χ1) is 8.66. The normalized spacial score (nSPS) is 37.7. The molecule has 3 fully saturated rings. The van der Waals surface area contributed by atoms with Crippen LogP contribution in [0.3, 0.4) is 0 Å². The highest BCUT2D eigenvalue weighted by Gasteiger charge is 2.43. The van der Waals surface area contributed by atoms with Crippen molar-refractivity contribution in [3.63, 3.8) is 0 Å². The fraction of sp³-hybridized carbons (Fsp3) is 0.929. The molecule has 18 heavy (non-hydrogen) atoms. The predicted octanol–water partition coefficient (Wildman–Crippen LogP) is 1.06. The Hall–Kier alpha value is -0.610. The summed E-state index contributed by atoms with van der Waals surface area (Å²) in [7, 11) is 0. The van der Waals surface area contributed by atoms with Crippen molar-refractivity contribution in [3.8, 4) is 0 Å². The fourth-order valence-corrected chi connectivity index (χ4v) is 3.59. The number of rotatable bonds is 3. The van der Waals surface area contributed by atoms with E-state index in [1.807, 2.05) is 0 Å². The summed E-state index contributed by atoms with van der Waals surface area (Å²) in [4.78, 5) is 12.2. The molecule has 3 unspecified atom stereocenters. The van der Waals surface area contributed by atoms with E-state index >= 15 is 0 Å². The van der Waals surface area contributed by atoms with Gasteiger partial charge in [-0.15, -0.1) is 0 Å². The molecule has 3 atom stereocenters. The molecule has 0 radical (unpaired) electrons. The van der Waals surface area contributed by atoms with Crippen LogP contribution in [0.1, 0.15) is 39.0 Å². The molecule has 2 N–H and O–H groups in total. The van der Waals surface area contributed by atoms with E-state index < -0.39 is 0 Å². The average molecular weight is 252 g/mol. The molecule has 0 aliphatic carbocycles. The molecular weight excluding hydrogens is 228 g/mol. The van der Waals surface area contributed by atoms with Gasteiger partial charge in [-0.2, -0.15) is 0 Å². The van der Waals surface area contributed by atoms with Gasteiger partial charge in [0.05, 0.1) is 5.92 Å². The molecule has 102 valence electrons. The lowest BCUT2D eigenvalue weighted by atomic mass is 9.82. The van der Waals surface area contributed by atoms with Crippen LogP contribution in [0.5, 0.6) is 0 Å². The largest absolute Gasteiger partial charge is 0.381 e. The van der Waals surface area contributed by atoms with Crippen molar-refractivity contribution < 1.29 is 9.53 Å². The lowest BCUT2D eigenvalue weighted by Gasteiger charge is -2.34. The molecule has 0 saturated carbocycles. The van der Waals surface area contributed by atoms with Crippen LogP contribution in [0.25, 0.3) is 0 Å². The van der Waals surface area contributed by atoms with Crippen LogP contribution in [0.4, 0.5) is 0 Å². The van der Waals surface area contributed by atoms with Crippen LogP contribution in [-0.2, 0) is 9.53 Å². The Balaban J connectivity index is 1.49. The van der Waals surface area contributed by atoms with E-state index in [-0.39, 0.29) is 17.2 Å². The summed E-state index contributed by atoms with van der Waals surface area (Å²) in [6, 6.07) is 1.04. The monoisotopic (exact) mass is 252 g/mol. The third-order valence-corrected chi connectivity index (χ3v) is 5.03. The van der Waals surface area contributed by atoms with E-state index in [2.05, 4.69) is 17.6 Å². The molecule has 4 heteroatoms. The van der Waals surface area contributed by atoms with Crippen molar-refractivity contribution in [3.05, 3.63) is 0 Å². The van der Waals surface area contributed by atoms with E-state index in [9.17, 15) is 4.79 Å². The second-order valence-corrected chi connectivity index (χ2v) is 6.53. The van der Waals surface area contributed by atoms with E-state index in [4.69, 9.17) is 4.74 Å². The Morgan fingerprint density at radius 3 is 2.78 bits per heavy atom. The van der Waals surface area contributed by atoms with Crippen LogP contribution in [0, 0.1) is 11.3 Å². The molecule has 3 rings (SSSR count). The average Bonchev–Trinajstić information content (AvgIpc) is 2.99. The van der Waals surface area contributed by atoms with E-state index in [0.717, 1.165) is 39.0 Å². The van der Waals surface area contributed by atoms with Crippen LogP contribution in [-0.4, -0.2) is 37.7 Å². The summed E-state index contributed by atoms with van der Waals surface area (Å²) in [5.74, 6) is 0.481. The van der Waals surface area contributed by atoms with Gasteiger partial charge in [0.2, 0.25) is 5.91 Å². The summed E-state index contributed by atoms with van der Waals surface area (Å²) in [5.41, 5.74) is 0.235. The number of ether oxygens (including phenoxy) is 1. The second kappa shape index (κ2) is 4.82. The first-order valence-corrected chi connectivity index (χ1v) is 7.28. The van der Waals surface area contributed by atoms with Crippen LogP contribution >= 0.6 is 0 Å². The number of hydrogen-bond donors (Lipinski definition) is 2. The van der Waals surface area contributed by atoms with Gasteiger partial charge < -0.3 is 15.4 Å². The van der Waals surface area contributed by atoms with Gasteiger partial charge in [-0.1, -0.05) is 6.92 Å². The molecule has 3 aliphatic rings. The Labute approximate surface area is 109 Å². The van der Waals surface area contributed by atoms with Gasteiger partial charge >= 0.3 is 0 Å². The number of amides is 1. The quantitative estimate of drug-likeness (QED) is 0.789. The number of carbonyl (C=O) groups excluding carboxylic acids is 1. The summed E-state index contributed by atoms with van der Waals surface area (Å²) in [5, 5.41) is 6.71. The fourth-order valence-electron chi connectivity index (χ4n) is 3.59. The first-order valence-electron chi connectivity index (χ1n) is 7.28. The Bertz CT molecular complexity index is 326. The molecule has 3 aliphatic heterocycles. The van der Waals surface area contributed by atoms with Crippen molar-refractivity contribution in [2.45, 2.75) is 51.1 Å². The number of hydrogen-bond acceptors (Lipinski definition) is 3. The van der Waals surface area contributed by atoms with Crippen molar-refractivity contribution in [1.29, 1.82) is 0 Å². The van der Waals surface area contributed by atoms with Gasteiger partial charge in [0.15, 0.2) is 0 Å². The molecule has 0 aromatic rings. The third-order valence-electron chi connectivity index (χ3n) is 5.03. The SMILES string of the molecule is CC1(CNC(=O)C2CC3CCC2N3)CCOCC1. The molecular formula is C14H24N2O2. The van der Waals surface area contributed by atoms with Crippen molar-refractivity contribution >= 4 is 5.91 Å². The maximum atomic E-state index is 12.2. The van der Waals surface area contributed by atoms with Crippen LogP contribution in [0.2, 0.25) is 0 Å². The zero-order valence-electron chi connectivity index (χ0n) is 11.2. The molecule has 0 spiro atoms. The van der Waals surface area contributed by atoms with Crippen LogP contribution in [0.15, 0.2) is 0 Å². The highest BCUT2D eigenvalue weighted by molar-refractivity contribution is 5.80. The van der Waals surface area contributed by atoms with Gasteiger partial charge in [-0.25, -0.2) is 0 Å². The molecule has 4 nitrogen and oxygen atoms in total. The van der Waals surface area contributed by atoms with Gasteiger partial charge in [-0.05, 0) is 37.5 Å². The lowest BCUT2D eigenvalue weighted by Crippen LogP contribution is -2.44. The first kappa shape index (κ1) is 12.4. The Morgan fingerprint density at radius 1 is 1.39 bits per heavy atom. The van der Waals surface area contributed by atoms with E-state index in [1.165, 1.54) is 12.8 Å². The number of nitrogens with one attached hydrogen (secondary N) is 2. The number of carbonyl (C=O) groups is 1. The molecule has 2 bridgehead atoms. The minimum atomic E-state index is 0.215. The summed E-state index contributed by atoms with van der Waals surface area (Å²) in [6.07, 6.45) is 5.58. The zero-order valence-corrected chi connectivity index (χ0v) is 11.2. The topological polar surface area (TPSA) is 50.4 Å². The third kappa shape index (κ3) is 2.41. The summed E-state index contributed by atoms with van der Waals surface area (Å²) < 4.78 is 5.39. The Kier molecular flexibility index (Phi) is 3.32. The lowest BCUT2D eigenvalue weighted by molar-refractivity contribution is -0.126. The molecule has 0 aromatic carbocycles. The van der Waals surface area contributed by atoms with Gasteiger partial charge in [0.1, 0.15) is 0 Å². The van der Waals surface area contributed by atoms with Crippen molar-refractivity contribution in [2.24, 2.45) is 11.3 Å². The second-order valence-electron chi connectivity index (χ2n) is 6.53. The van der Waals surface area contributed by atoms with Crippen molar-refractivity contribution in [1.82, 2.24) is 10.6 Å². The highest BCUT2D eigenvalue weighted by atomic mass is 16.5. The minimum absolute atomic E-state index is 0.215. The highest BCUT2D eigenvalue weighted by Crippen LogP contribution is 2.34. The minimum Gasteiger partial charge on any atom is -0.381 e. The zero-order chi connectivity index (χ0) is 12.6. The summed E-state index contributed by atoms with van der Waals surface area (Å²) >= 11 is 0. The molecule has 0 aromatic heterocycles. The smallest absolute Gasteiger partial charge is 0.224 e. The van der Waals surface area contributed by atoms with E-state index in [1.54, 1.807) is 0 Å². The molecule has 3 saturated heterocycles. The standard InChI is InChI=1S/C14H24N2O2/c1-14(4-6-18-7-5-14)9-15-13(17)11-8-10-2-3-12(11)16-10/h10-12,16H,2-9H2,1H3,(H,15,17). The van der Waals surface area contributed by atoms with Crippen molar-refractivity contribution in [2.75, 3.05) is 19.8 Å². The van der Waals surface area contributed by atoms with Crippen LogP contribution < -0.4 is 10.6 Å².